The van der Waals surface area contributed by atoms with Crippen LogP contribution in [0.2, 0.25) is 0 Å². The maximum absolute atomic E-state index is 12.3. The molecule has 0 aliphatic rings. The number of aromatic nitrogens is 2. The number of rotatable bonds is 5. The van der Waals surface area contributed by atoms with Gasteiger partial charge >= 0.3 is 5.97 Å². The highest BCUT2D eigenvalue weighted by atomic mass is 16.5. The molecule has 1 aromatic heterocycles. The third-order valence-corrected chi connectivity index (χ3v) is 3.72. The van der Waals surface area contributed by atoms with Crippen LogP contribution in [0.1, 0.15) is 17.3 Å². The average molecular weight is 351 g/mol. The van der Waals surface area contributed by atoms with Gasteiger partial charge in [-0.2, -0.15) is 0 Å². The second-order valence-electron chi connectivity index (χ2n) is 5.53. The molecule has 0 bridgehead atoms. The summed E-state index contributed by atoms with van der Waals surface area (Å²) in [5.74, 6) is -0.346. The number of amides is 1. The van der Waals surface area contributed by atoms with Crippen LogP contribution in [0.5, 0.6) is 5.75 Å². The number of nitrogens with zero attached hydrogens (tertiary/aromatic N) is 2. The predicted molar refractivity (Wildman–Crippen MR) is 96.0 cm³/mol. The fraction of sp³-hybridized carbons (Fsp3) is 0.158. The van der Waals surface area contributed by atoms with Crippen LogP contribution in [-0.4, -0.2) is 35.1 Å². The van der Waals surface area contributed by atoms with Crippen LogP contribution in [0.15, 0.2) is 54.9 Å². The lowest BCUT2D eigenvalue weighted by Crippen LogP contribution is -2.30. The van der Waals surface area contributed by atoms with Crippen molar-refractivity contribution >= 4 is 28.6 Å². The third kappa shape index (κ3) is 3.94. The van der Waals surface area contributed by atoms with Crippen molar-refractivity contribution < 1.29 is 19.1 Å². The highest BCUT2D eigenvalue weighted by Crippen LogP contribution is 2.16. The van der Waals surface area contributed by atoms with Gasteiger partial charge in [-0.1, -0.05) is 0 Å². The molecule has 0 fully saturated rings. The Morgan fingerprint density at radius 3 is 2.38 bits per heavy atom. The van der Waals surface area contributed by atoms with Crippen LogP contribution in [0, 0.1) is 0 Å². The van der Waals surface area contributed by atoms with Crippen molar-refractivity contribution in [2.45, 2.75) is 13.0 Å². The molecule has 1 heterocycles. The van der Waals surface area contributed by atoms with E-state index in [2.05, 4.69) is 15.3 Å². The quantitative estimate of drug-likeness (QED) is 0.711. The van der Waals surface area contributed by atoms with Gasteiger partial charge in [0, 0.05) is 18.1 Å². The molecule has 132 valence electrons. The highest BCUT2D eigenvalue weighted by Gasteiger charge is 2.19. The number of ether oxygens (including phenoxy) is 2. The standard InChI is InChI=1S/C19H17N3O4/c1-12(18(23)22-14-4-6-15(25-2)7-5-14)26-19(24)13-3-8-16-17(11-13)21-10-9-20-16/h3-12H,1-2H3,(H,22,23)/t12-/m0/s1. The molecular weight excluding hydrogens is 334 g/mol. The van der Waals surface area contributed by atoms with E-state index in [1.54, 1.807) is 62.0 Å². The minimum Gasteiger partial charge on any atom is -0.497 e. The maximum Gasteiger partial charge on any atom is 0.338 e. The number of carbonyl (C=O) groups excluding carboxylic acids is 2. The molecule has 7 nitrogen and oxygen atoms in total. The minimum atomic E-state index is -0.956. The Kier molecular flexibility index (Phi) is 5.07. The first-order chi connectivity index (χ1) is 12.6. The molecule has 7 heteroatoms. The first-order valence-corrected chi connectivity index (χ1v) is 7.93. The fourth-order valence-electron chi connectivity index (χ4n) is 2.29. The molecule has 0 saturated heterocycles. The lowest BCUT2D eigenvalue weighted by molar-refractivity contribution is -0.123. The Morgan fingerprint density at radius 1 is 1.00 bits per heavy atom. The summed E-state index contributed by atoms with van der Waals surface area (Å²) in [4.78, 5) is 32.8. The monoisotopic (exact) mass is 351 g/mol. The Hall–Kier alpha value is -3.48. The summed E-state index contributed by atoms with van der Waals surface area (Å²) >= 11 is 0. The number of carbonyl (C=O) groups is 2. The largest absolute Gasteiger partial charge is 0.497 e. The SMILES string of the molecule is COc1ccc(NC(=O)[C@H](C)OC(=O)c2ccc3nccnc3c2)cc1. The Bertz CT molecular complexity index is 941. The van der Waals surface area contributed by atoms with Gasteiger partial charge in [0.15, 0.2) is 6.10 Å². The summed E-state index contributed by atoms with van der Waals surface area (Å²) in [5.41, 5.74) is 2.15. The summed E-state index contributed by atoms with van der Waals surface area (Å²) in [6.45, 7) is 1.51. The maximum atomic E-state index is 12.3. The minimum absolute atomic E-state index is 0.307. The van der Waals surface area contributed by atoms with Gasteiger partial charge in [0.05, 0.1) is 23.7 Å². The van der Waals surface area contributed by atoms with Gasteiger partial charge in [0.1, 0.15) is 5.75 Å². The van der Waals surface area contributed by atoms with Crippen LogP contribution in [0.25, 0.3) is 11.0 Å². The Balaban J connectivity index is 1.64. The normalized spacial score (nSPS) is 11.6. The molecule has 0 unspecified atom stereocenters. The topological polar surface area (TPSA) is 90.4 Å². The Morgan fingerprint density at radius 2 is 1.69 bits per heavy atom. The number of esters is 1. The zero-order valence-electron chi connectivity index (χ0n) is 14.3. The van der Waals surface area contributed by atoms with E-state index in [9.17, 15) is 9.59 Å². The molecule has 1 atom stereocenters. The molecule has 2 aromatic carbocycles. The lowest BCUT2D eigenvalue weighted by atomic mass is 10.2. The summed E-state index contributed by atoms with van der Waals surface area (Å²) in [5, 5.41) is 2.69. The number of nitrogens with one attached hydrogen (secondary N) is 1. The average Bonchev–Trinajstić information content (AvgIpc) is 2.68. The van der Waals surface area contributed by atoms with E-state index < -0.39 is 18.0 Å². The van der Waals surface area contributed by atoms with Gasteiger partial charge in [0.2, 0.25) is 0 Å². The van der Waals surface area contributed by atoms with Gasteiger partial charge in [0.25, 0.3) is 5.91 Å². The predicted octanol–water partition coefficient (Wildman–Crippen LogP) is 2.82. The zero-order chi connectivity index (χ0) is 18.5. The number of methoxy groups -OCH3 is 1. The Labute approximate surface area is 150 Å². The smallest absolute Gasteiger partial charge is 0.338 e. The van der Waals surface area contributed by atoms with E-state index in [1.807, 2.05) is 0 Å². The first kappa shape index (κ1) is 17.3. The second kappa shape index (κ2) is 7.60. The van der Waals surface area contributed by atoms with E-state index in [0.29, 0.717) is 28.0 Å². The third-order valence-electron chi connectivity index (χ3n) is 3.72. The summed E-state index contributed by atoms with van der Waals surface area (Å²) in [6, 6.07) is 11.7. The van der Waals surface area contributed by atoms with E-state index in [1.165, 1.54) is 6.92 Å². The van der Waals surface area contributed by atoms with Gasteiger partial charge < -0.3 is 14.8 Å². The molecule has 3 aromatic rings. The van der Waals surface area contributed by atoms with Crippen molar-refractivity contribution in [2.75, 3.05) is 12.4 Å². The summed E-state index contributed by atoms with van der Waals surface area (Å²) in [6.07, 6.45) is 2.16. The lowest BCUT2D eigenvalue weighted by Gasteiger charge is -2.14. The van der Waals surface area contributed by atoms with Crippen molar-refractivity contribution in [1.82, 2.24) is 9.97 Å². The first-order valence-electron chi connectivity index (χ1n) is 7.93. The van der Waals surface area contributed by atoms with Gasteiger partial charge in [-0.05, 0) is 49.4 Å². The van der Waals surface area contributed by atoms with Crippen LogP contribution in [-0.2, 0) is 9.53 Å². The number of anilines is 1. The van der Waals surface area contributed by atoms with Gasteiger partial charge in [-0.25, -0.2) is 4.79 Å². The molecule has 0 aliphatic heterocycles. The van der Waals surface area contributed by atoms with Crippen molar-refractivity contribution in [1.29, 1.82) is 0 Å². The van der Waals surface area contributed by atoms with E-state index in [0.717, 1.165) is 0 Å². The van der Waals surface area contributed by atoms with Crippen molar-refractivity contribution in [2.24, 2.45) is 0 Å². The van der Waals surface area contributed by atoms with Crippen molar-refractivity contribution in [3.8, 4) is 5.75 Å². The zero-order valence-corrected chi connectivity index (χ0v) is 14.3. The van der Waals surface area contributed by atoms with Gasteiger partial charge in [-0.15, -0.1) is 0 Å². The molecule has 26 heavy (non-hydrogen) atoms. The van der Waals surface area contributed by atoms with Crippen LogP contribution < -0.4 is 10.1 Å². The second-order valence-corrected chi connectivity index (χ2v) is 5.53. The van der Waals surface area contributed by atoms with Crippen LogP contribution >= 0.6 is 0 Å². The number of fused-ring (bicyclic) bond motifs is 1. The molecular formula is C19H17N3O4. The van der Waals surface area contributed by atoms with Crippen LogP contribution in [0.4, 0.5) is 5.69 Å². The molecule has 0 spiro atoms. The van der Waals surface area contributed by atoms with E-state index in [4.69, 9.17) is 9.47 Å². The molecule has 1 amide bonds. The van der Waals surface area contributed by atoms with Gasteiger partial charge in [-0.3, -0.25) is 14.8 Å². The molecule has 0 aliphatic carbocycles. The number of hydrogen-bond donors (Lipinski definition) is 1. The molecule has 0 saturated carbocycles. The summed E-state index contributed by atoms with van der Waals surface area (Å²) < 4.78 is 10.3. The van der Waals surface area contributed by atoms with Crippen molar-refractivity contribution in [3.63, 3.8) is 0 Å². The van der Waals surface area contributed by atoms with Crippen molar-refractivity contribution in [3.05, 3.63) is 60.4 Å². The van der Waals surface area contributed by atoms with E-state index in [-0.39, 0.29) is 0 Å². The van der Waals surface area contributed by atoms with Crippen LogP contribution in [0.3, 0.4) is 0 Å². The number of hydrogen-bond acceptors (Lipinski definition) is 6. The molecule has 0 radical (unpaired) electrons. The fourth-order valence-corrected chi connectivity index (χ4v) is 2.29. The highest BCUT2D eigenvalue weighted by molar-refractivity contribution is 5.98. The van der Waals surface area contributed by atoms with E-state index >= 15 is 0 Å². The molecule has 3 rings (SSSR count). The molecule has 1 N–H and O–H groups in total. The summed E-state index contributed by atoms with van der Waals surface area (Å²) in [7, 11) is 1.56. The number of benzene rings is 2.